The van der Waals surface area contributed by atoms with Crippen molar-refractivity contribution in [3.05, 3.63) is 76.1 Å². The van der Waals surface area contributed by atoms with E-state index in [0.29, 0.717) is 22.8 Å². The van der Waals surface area contributed by atoms with Crippen LogP contribution in [0.15, 0.2) is 42.6 Å². The quantitative estimate of drug-likeness (QED) is 0.480. The first-order valence-electron chi connectivity index (χ1n) is 9.17. The van der Waals surface area contributed by atoms with Crippen molar-refractivity contribution in [2.24, 2.45) is 5.73 Å². The summed E-state index contributed by atoms with van der Waals surface area (Å²) in [6.45, 7) is 1.71. The van der Waals surface area contributed by atoms with E-state index >= 15 is 0 Å². The molecule has 1 aliphatic rings. The molecule has 0 bridgehead atoms. The number of aromatic nitrogens is 2. The lowest BCUT2D eigenvalue weighted by Gasteiger charge is -2.11. The number of nitrogens with zero attached hydrogens (tertiary/aromatic N) is 3. The van der Waals surface area contributed by atoms with E-state index in [9.17, 15) is 8.78 Å². The molecular weight excluding hydrogens is 408 g/mol. The Morgan fingerprint density at radius 3 is 2.70 bits per heavy atom. The summed E-state index contributed by atoms with van der Waals surface area (Å²) in [5.41, 5.74) is 10.0. The molecule has 0 atom stereocenters. The molecule has 8 heteroatoms. The Morgan fingerprint density at radius 1 is 1.20 bits per heavy atom. The molecular formula is C22H18ClF2N5. The second kappa shape index (κ2) is 7.93. The minimum atomic E-state index is -0.878. The Labute approximate surface area is 177 Å². The highest BCUT2D eigenvalue weighted by molar-refractivity contribution is 6.31. The van der Waals surface area contributed by atoms with Crippen LogP contribution in [-0.2, 0) is 0 Å². The average molecular weight is 426 g/mol. The van der Waals surface area contributed by atoms with Crippen molar-refractivity contribution >= 4 is 45.7 Å². The van der Waals surface area contributed by atoms with Crippen molar-refractivity contribution in [3.8, 4) is 0 Å². The van der Waals surface area contributed by atoms with Gasteiger partial charge in [0.15, 0.2) is 0 Å². The van der Waals surface area contributed by atoms with Crippen molar-refractivity contribution in [3.63, 3.8) is 0 Å². The van der Waals surface area contributed by atoms with E-state index in [0.717, 1.165) is 30.9 Å². The smallest absolute Gasteiger partial charge is 0.144 e. The summed E-state index contributed by atoms with van der Waals surface area (Å²) in [6.07, 6.45) is 4.95. The van der Waals surface area contributed by atoms with Crippen LogP contribution in [0.4, 0.5) is 8.78 Å². The number of pyridine rings is 2. The van der Waals surface area contributed by atoms with Crippen LogP contribution in [0.1, 0.15) is 16.8 Å². The summed E-state index contributed by atoms with van der Waals surface area (Å²) >= 11 is 5.78. The molecule has 0 spiro atoms. The van der Waals surface area contributed by atoms with Gasteiger partial charge in [-0.15, -0.1) is 0 Å². The molecule has 30 heavy (non-hydrogen) atoms. The van der Waals surface area contributed by atoms with Gasteiger partial charge in [-0.05, 0) is 42.4 Å². The first-order chi connectivity index (χ1) is 14.4. The SMILES string of the molecule is CN1CC=C(c2cnc3ccc(C(C=N)=C(N)c4cc(Cl)c(F)cc4F)nc3c2)C1. The van der Waals surface area contributed by atoms with Gasteiger partial charge in [-0.2, -0.15) is 0 Å². The summed E-state index contributed by atoms with van der Waals surface area (Å²) in [6, 6.07) is 7.14. The first kappa shape index (κ1) is 20.1. The maximum atomic E-state index is 14.3. The minimum Gasteiger partial charge on any atom is -0.398 e. The number of hydrogen-bond acceptors (Lipinski definition) is 5. The fraction of sp³-hybridized carbons (Fsp3) is 0.136. The van der Waals surface area contributed by atoms with Gasteiger partial charge in [0, 0.05) is 42.7 Å². The maximum Gasteiger partial charge on any atom is 0.144 e. The van der Waals surface area contributed by atoms with Crippen LogP contribution in [0, 0.1) is 17.0 Å². The number of fused-ring (bicyclic) bond motifs is 1. The highest BCUT2D eigenvalue weighted by Crippen LogP contribution is 2.28. The van der Waals surface area contributed by atoms with Gasteiger partial charge < -0.3 is 11.1 Å². The zero-order valence-electron chi connectivity index (χ0n) is 16.1. The monoisotopic (exact) mass is 425 g/mol. The van der Waals surface area contributed by atoms with Gasteiger partial charge in [-0.3, -0.25) is 9.88 Å². The minimum absolute atomic E-state index is 0.0551. The van der Waals surface area contributed by atoms with Crippen LogP contribution < -0.4 is 5.73 Å². The number of halogens is 3. The normalized spacial score (nSPS) is 15.3. The summed E-state index contributed by atoms with van der Waals surface area (Å²) < 4.78 is 27.8. The van der Waals surface area contributed by atoms with Crippen LogP contribution in [0.2, 0.25) is 5.02 Å². The number of nitrogens with one attached hydrogen (secondary N) is 1. The Morgan fingerprint density at radius 2 is 2.00 bits per heavy atom. The van der Waals surface area contributed by atoms with Gasteiger partial charge in [-0.25, -0.2) is 13.8 Å². The van der Waals surface area contributed by atoms with Crippen molar-refractivity contribution < 1.29 is 8.78 Å². The number of likely N-dealkylation sites (N-methyl/N-ethyl adjacent to an activating group) is 1. The highest BCUT2D eigenvalue weighted by atomic mass is 35.5. The molecule has 0 fully saturated rings. The van der Waals surface area contributed by atoms with Crippen molar-refractivity contribution in [1.29, 1.82) is 5.41 Å². The topological polar surface area (TPSA) is 78.9 Å². The van der Waals surface area contributed by atoms with Gasteiger partial charge in [-0.1, -0.05) is 17.7 Å². The summed E-state index contributed by atoms with van der Waals surface area (Å²) in [7, 11) is 2.04. The molecule has 0 saturated carbocycles. The molecule has 1 aromatic carbocycles. The predicted molar refractivity (Wildman–Crippen MR) is 116 cm³/mol. The third kappa shape index (κ3) is 3.69. The zero-order valence-corrected chi connectivity index (χ0v) is 16.8. The van der Waals surface area contributed by atoms with Gasteiger partial charge in [0.25, 0.3) is 0 Å². The maximum absolute atomic E-state index is 14.3. The van der Waals surface area contributed by atoms with Crippen LogP contribution >= 0.6 is 11.6 Å². The lowest BCUT2D eigenvalue weighted by Crippen LogP contribution is -2.13. The Hall–Kier alpha value is -3.16. The molecule has 1 aliphatic heterocycles. The van der Waals surface area contributed by atoms with Crippen LogP contribution in [0.3, 0.4) is 0 Å². The lowest BCUT2D eigenvalue weighted by molar-refractivity contribution is 0.438. The molecule has 152 valence electrons. The second-order valence-electron chi connectivity index (χ2n) is 7.10. The molecule has 0 amide bonds. The van der Waals surface area contributed by atoms with Crippen molar-refractivity contribution in [2.75, 3.05) is 20.1 Å². The van der Waals surface area contributed by atoms with E-state index in [4.69, 9.17) is 22.7 Å². The van der Waals surface area contributed by atoms with E-state index in [1.165, 1.54) is 5.57 Å². The molecule has 0 aliphatic carbocycles. The van der Waals surface area contributed by atoms with Gasteiger partial charge >= 0.3 is 0 Å². The number of allylic oxidation sites excluding steroid dienone is 1. The molecule has 2 aromatic heterocycles. The average Bonchev–Trinajstić information content (AvgIpc) is 3.17. The number of nitrogens with two attached hydrogens (primary N) is 1. The molecule has 0 radical (unpaired) electrons. The molecule has 3 heterocycles. The van der Waals surface area contributed by atoms with Crippen molar-refractivity contribution in [1.82, 2.24) is 14.9 Å². The van der Waals surface area contributed by atoms with Gasteiger partial charge in [0.05, 0.1) is 27.4 Å². The first-order valence-corrected chi connectivity index (χ1v) is 9.55. The zero-order chi connectivity index (χ0) is 21.4. The summed E-state index contributed by atoms with van der Waals surface area (Å²) in [5.74, 6) is -1.74. The third-order valence-corrected chi connectivity index (χ3v) is 5.30. The van der Waals surface area contributed by atoms with E-state index < -0.39 is 11.6 Å². The fourth-order valence-corrected chi connectivity index (χ4v) is 3.55. The van der Waals surface area contributed by atoms with Crippen LogP contribution in [-0.4, -0.2) is 41.2 Å². The molecule has 0 unspecified atom stereocenters. The molecule has 3 aromatic rings. The fourth-order valence-electron chi connectivity index (χ4n) is 3.39. The summed E-state index contributed by atoms with van der Waals surface area (Å²) in [4.78, 5) is 11.2. The highest BCUT2D eigenvalue weighted by Gasteiger charge is 2.17. The molecule has 5 nitrogen and oxygen atoms in total. The Kier molecular flexibility index (Phi) is 5.32. The van der Waals surface area contributed by atoms with E-state index in [1.807, 2.05) is 19.3 Å². The number of benzene rings is 1. The van der Waals surface area contributed by atoms with Gasteiger partial charge in [0.1, 0.15) is 11.6 Å². The van der Waals surface area contributed by atoms with E-state index in [2.05, 4.69) is 20.9 Å². The van der Waals surface area contributed by atoms with Crippen LogP contribution in [0.25, 0.3) is 27.9 Å². The summed E-state index contributed by atoms with van der Waals surface area (Å²) in [5, 5.41) is 7.53. The number of hydrogen-bond donors (Lipinski definition) is 2. The molecule has 4 rings (SSSR count). The molecule has 3 N–H and O–H groups in total. The van der Waals surface area contributed by atoms with Gasteiger partial charge in [0.2, 0.25) is 0 Å². The standard InChI is InChI=1S/C22H18ClF2N5/c1-30-5-4-12(11-30)13-6-21-20(28-10-13)3-2-19(29-21)15(9-26)22(27)14-7-16(23)18(25)8-17(14)24/h2-4,6-10,26H,5,11,27H2,1H3. The second-order valence-corrected chi connectivity index (χ2v) is 7.51. The Balaban J connectivity index is 1.81. The van der Waals surface area contributed by atoms with Crippen molar-refractivity contribution in [2.45, 2.75) is 0 Å². The lowest BCUT2D eigenvalue weighted by atomic mass is 10.0. The number of rotatable bonds is 4. The predicted octanol–water partition coefficient (Wildman–Crippen LogP) is 4.37. The van der Waals surface area contributed by atoms with E-state index in [1.54, 1.807) is 12.1 Å². The largest absolute Gasteiger partial charge is 0.398 e. The van der Waals surface area contributed by atoms with Crippen LogP contribution in [0.5, 0.6) is 0 Å². The Bertz CT molecular complexity index is 1240. The van der Waals surface area contributed by atoms with E-state index in [-0.39, 0.29) is 21.9 Å². The molecule has 0 saturated heterocycles. The third-order valence-electron chi connectivity index (χ3n) is 5.01.